The normalized spacial score (nSPS) is 23.8. The lowest BCUT2D eigenvalue weighted by atomic mass is 10.1. The summed E-state index contributed by atoms with van der Waals surface area (Å²) < 4.78 is 5.47. The van der Waals surface area contributed by atoms with Gasteiger partial charge in [0.1, 0.15) is 6.10 Å². The minimum absolute atomic E-state index is 0.131. The van der Waals surface area contributed by atoms with Crippen molar-refractivity contribution in [1.29, 1.82) is 0 Å². The van der Waals surface area contributed by atoms with Gasteiger partial charge in [-0.1, -0.05) is 13.3 Å². The summed E-state index contributed by atoms with van der Waals surface area (Å²) in [7, 11) is 0. The summed E-state index contributed by atoms with van der Waals surface area (Å²) in [6, 6.07) is 6.61. The van der Waals surface area contributed by atoms with Crippen molar-refractivity contribution >= 4 is 5.69 Å². The molecule has 1 aromatic rings. The molecule has 4 heteroatoms. The molecule has 2 rings (SSSR count). The maximum Gasteiger partial charge on any atom is 0.269 e. The lowest BCUT2D eigenvalue weighted by molar-refractivity contribution is -0.384. The molecule has 1 aliphatic heterocycles. The van der Waals surface area contributed by atoms with Gasteiger partial charge < -0.3 is 4.74 Å². The van der Waals surface area contributed by atoms with Gasteiger partial charge >= 0.3 is 0 Å². The van der Waals surface area contributed by atoms with Crippen molar-refractivity contribution in [1.82, 2.24) is 0 Å². The Morgan fingerprint density at radius 3 is 2.60 bits per heavy atom. The van der Waals surface area contributed by atoms with Crippen LogP contribution in [0.5, 0.6) is 0 Å². The van der Waals surface area contributed by atoms with E-state index < -0.39 is 0 Å². The highest BCUT2D eigenvalue weighted by molar-refractivity contribution is 5.35. The van der Waals surface area contributed by atoms with E-state index in [2.05, 4.69) is 6.92 Å². The van der Waals surface area contributed by atoms with Gasteiger partial charge in [0.05, 0.1) is 11.0 Å². The smallest absolute Gasteiger partial charge is 0.269 e. The Labute approximate surface area is 88.0 Å². The third-order valence-corrected chi connectivity index (χ3v) is 2.59. The molecular weight excluding hydrogens is 194 g/mol. The Bertz CT molecular complexity index is 361. The van der Waals surface area contributed by atoms with Crippen molar-refractivity contribution in [2.75, 3.05) is 0 Å². The van der Waals surface area contributed by atoms with E-state index in [1.54, 1.807) is 12.1 Å². The van der Waals surface area contributed by atoms with Crippen LogP contribution >= 0.6 is 0 Å². The average molecular weight is 207 g/mol. The molecule has 1 heterocycles. The van der Waals surface area contributed by atoms with Gasteiger partial charge in [0.25, 0.3) is 5.69 Å². The zero-order valence-electron chi connectivity index (χ0n) is 8.55. The van der Waals surface area contributed by atoms with Crippen LogP contribution < -0.4 is 0 Å². The number of hydrogen-bond donors (Lipinski definition) is 0. The molecular formula is C11H13NO3. The van der Waals surface area contributed by atoms with Crippen molar-refractivity contribution < 1.29 is 9.66 Å². The molecule has 0 N–H and O–H groups in total. The number of non-ortho nitro benzene ring substituents is 1. The lowest BCUT2D eigenvalue weighted by Gasteiger charge is -1.95. The summed E-state index contributed by atoms with van der Waals surface area (Å²) in [5.74, 6) is 0. The Morgan fingerprint density at radius 2 is 2.07 bits per heavy atom. The number of epoxide rings is 1. The van der Waals surface area contributed by atoms with Crippen LogP contribution in [0.1, 0.15) is 31.4 Å². The molecule has 0 aliphatic carbocycles. The van der Waals surface area contributed by atoms with Crippen LogP contribution in [0.4, 0.5) is 5.69 Å². The molecule has 0 bridgehead atoms. The number of nitrogens with zero attached hydrogens (tertiary/aromatic N) is 1. The first-order chi connectivity index (χ1) is 7.22. The fourth-order valence-corrected chi connectivity index (χ4v) is 1.73. The highest BCUT2D eigenvalue weighted by atomic mass is 16.6. The van der Waals surface area contributed by atoms with Crippen LogP contribution in [0.15, 0.2) is 24.3 Å². The molecule has 1 aromatic carbocycles. The number of ether oxygens (including phenoxy) is 1. The first kappa shape index (κ1) is 10.1. The average Bonchev–Trinajstić information content (AvgIpc) is 2.98. The minimum atomic E-state index is -0.388. The zero-order chi connectivity index (χ0) is 10.8. The van der Waals surface area contributed by atoms with E-state index in [-0.39, 0.29) is 16.7 Å². The number of hydrogen-bond acceptors (Lipinski definition) is 3. The van der Waals surface area contributed by atoms with Gasteiger partial charge in [-0.15, -0.1) is 0 Å². The predicted molar refractivity (Wildman–Crippen MR) is 55.6 cm³/mol. The molecule has 15 heavy (non-hydrogen) atoms. The van der Waals surface area contributed by atoms with E-state index in [0.717, 1.165) is 18.4 Å². The first-order valence-corrected chi connectivity index (χ1v) is 5.12. The fourth-order valence-electron chi connectivity index (χ4n) is 1.73. The highest BCUT2D eigenvalue weighted by Crippen LogP contribution is 2.41. The van der Waals surface area contributed by atoms with E-state index >= 15 is 0 Å². The molecule has 0 saturated carbocycles. The van der Waals surface area contributed by atoms with Gasteiger partial charge in [0, 0.05) is 12.1 Å². The maximum absolute atomic E-state index is 10.4. The lowest BCUT2D eigenvalue weighted by Crippen LogP contribution is -1.90. The summed E-state index contributed by atoms with van der Waals surface area (Å²) in [6.45, 7) is 2.12. The molecule has 0 amide bonds. The summed E-state index contributed by atoms with van der Waals surface area (Å²) in [6.07, 6.45) is 2.64. The van der Waals surface area contributed by atoms with Crippen LogP contribution in [0.2, 0.25) is 0 Å². The monoisotopic (exact) mass is 207 g/mol. The summed E-state index contributed by atoms with van der Waals surface area (Å²) in [5.41, 5.74) is 1.17. The Kier molecular flexibility index (Phi) is 2.68. The topological polar surface area (TPSA) is 55.7 Å². The third kappa shape index (κ3) is 2.15. The zero-order valence-corrected chi connectivity index (χ0v) is 8.55. The summed E-state index contributed by atoms with van der Waals surface area (Å²) in [4.78, 5) is 10.1. The number of nitro groups is 1. The largest absolute Gasteiger partial charge is 0.365 e. The van der Waals surface area contributed by atoms with Crippen LogP contribution in [0.25, 0.3) is 0 Å². The Balaban J connectivity index is 2.03. The molecule has 0 spiro atoms. The van der Waals surface area contributed by atoms with E-state index in [9.17, 15) is 10.1 Å². The van der Waals surface area contributed by atoms with Crippen molar-refractivity contribution in [3.63, 3.8) is 0 Å². The van der Waals surface area contributed by atoms with E-state index in [4.69, 9.17) is 4.74 Å². The predicted octanol–water partition coefficient (Wildman–Crippen LogP) is 2.83. The fraction of sp³-hybridized carbons (Fsp3) is 0.455. The van der Waals surface area contributed by atoms with Gasteiger partial charge in [0.2, 0.25) is 0 Å². The SMILES string of the molecule is CCCC1OC1c1ccc([N+](=O)[O-])cc1. The summed E-state index contributed by atoms with van der Waals surface area (Å²) in [5, 5.41) is 10.4. The van der Waals surface area contributed by atoms with Gasteiger partial charge in [-0.25, -0.2) is 0 Å². The Hall–Kier alpha value is -1.42. The van der Waals surface area contributed by atoms with Crippen molar-refractivity contribution in [2.45, 2.75) is 32.0 Å². The second kappa shape index (κ2) is 3.98. The van der Waals surface area contributed by atoms with Gasteiger partial charge in [-0.05, 0) is 24.1 Å². The number of rotatable bonds is 4. The molecule has 4 nitrogen and oxygen atoms in total. The molecule has 0 aromatic heterocycles. The van der Waals surface area contributed by atoms with Crippen LogP contribution in [0.3, 0.4) is 0 Å². The molecule has 1 saturated heterocycles. The Morgan fingerprint density at radius 1 is 1.40 bits per heavy atom. The van der Waals surface area contributed by atoms with E-state index in [1.165, 1.54) is 12.1 Å². The van der Waals surface area contributed by atoms with Crippen LogP contribution in [-0.4, -0.2) is 11.0 Å². The quantitative estimate of drug-likeness (QED) is 0.433. The molecule has 1 aliphatic rings. The van der Waals surface area contributed by atoms with Crippen molar-refractivity contribution in [3.05, 3.63) is 39.9 Å². The first-order valence-electron chi connectivity index (χ1n) is 5.12. The van der Waals surface area contributed by atoms with Crippen molar-refractivity contribution in [2.24, 2.45) is 0 Å². The van der Waals surface area contributed by atoms with E-state index in [0.29, 0.717) is 6.10 Å². The number of benzene rings is 1. The molecule has 1 fully saturated rings. The van der Waals surface area contributed by atoms with Gasteiger partial charge in [0.15, 0.2) is 0 Å². The van der Waals surface area contributed by atoms with E-state index in [1.807, 2.05) is 0 Å². The molecule has 0 radical (unpaired) electrons. The minimum Gasteiger partial charge on any atom is -0.365 e. The van der Waals surface area contributed by atoms with Crippen molar-refractivity contribution in [3.8, 4) is 0 Å². The standard InChI is InChI=1S/C11H13NO3/c1-2-3-10-11(15-10)8-4-6-9(7-5-8)12(13)14/h4-7,10-11H,2-3H2,1H3. The second-order valence-corrected chi connectivity index (χ2v) is 3.73. The van der Waals surface area contributed by atoms with Gasteiger partial charge in [-0.3, -0.25) is 10.1 Å². The third-order valence-electron chi connectivity index (χ3n) is 2.59. The van der Waals surface area contributed by atoms with Crippen LogP contribution in [0, 0.1) is 10.1 Å². The second-order valence-electron chi connectivity index (χ2n) is 3.73. The van der Waals surface area contributed by atoms with Gasteiger partial charge in [-0.2, -0.15) is 0 Å². The highest BCUT2D eigenvalue weighted by Gasteiger charge is 2.38. The molecule has 2 atom stereocenters. The number of nitro benzene ring substituents is 1. The summed E-state index contributed by atoms with van der Waals surface area (Å²) >= 11 is 0. The molecule has 2 unspecified atom stereocenters. The van der Waals surface area contributed by atoms with Crippen LogP contribution in [-0.2, 0) is 4.74 Å². The maximum atomic E-state index is 10.4. The molecule has 80 valence electrons.